The molecule has 0 spiro atoms. The van der Waals surface area contributed by atoms with Gasteiger partial charge in [-0.15, -0.1) is 0 Å². The van der Waals surface area contributed by atoms with Gasteiger partial charge in [-0.25, -0.2) is 4.79 Å². The fourth-order valence-electron chi connectivity index (χ4n) is 2.27. The molecule has 80 valence electrons. The molecule has 3 rings (SSSR count). The second-order valence-electron chi connectivity index (χ2n) is 4.23. The second-order valence-corrected chi connectivity index (χ2v) is 4.23. The molecule has 3 nitrogen and oxygen atoms in total. The minimum Gasteiger partial charge on any atom is -0.477 e. The van der Waals surface area contributed by atoms with Crippen LogP contribution in [0.25, 0.3) is 11.3 Å². The van der Waals surface area contributed by atoms with E-state index in [4.69, 9.17) is 5.11 Å². The second kappa shape index (κ2) is 2.98. The molecule has 0 fully saturated rings. The van der Waals surface area contributed by atoms with Gasteiger partial charge in [-0.3, -0.25) is 0 Å². The van der Waals surface area contributed by atoms with Crippen molar-refractivity contribution in [2.24, 2.45) is 0 Å². The van der Waals surface area contributed by atoms with Crippen LogP contribution >= 0.6 is 0 Å². The van der Waals surface area contributed by atoms with Crippen LogP contribution in [-0.4, -0.2) is 16.1 Å². The van der Waals surface area contributed by atoms with Crippen molar-refractivity contribution in [3.63, 3.8) is 0 Å². The van der Waals surface area contributed by atoms with Crippen molar-refractivity contribution < 1.29 is 9.90 Å². The molecule has 1 aliphatic carbocycles. The molecule has 3 heteroatoms. The van der Waals surface area contributed by atoms with Crippen LogP contribution in [0.1, 0.15) is 27.2 Å². The lowest BCUT2D eigenvalue weighted by Crippen LogP contribution is -1.96. The van der Waals surface area contributed by atoms with Gasteiger partial charge in [-0.1, -0.05) is 17.7 Å². The standard InChI is InChI=1S/C13H11NO2/c1-7-2-3-8-5-9-6-11(13(15)16)14-12(9)10(8)4-7/h2-4,6,14H,5H2,1H3,(H,15,16). The van der Waals surface area contributed by atoms with Crippen molar-refractivity contribution in [1.29, 1.82) is 0 Å². The fourth-order valence-corrected chi connectivity index (χ4v) is 2.27. The Hall–Kier alpha value is -2.03. The van der Waals surface area contributed by atoms with Gasteiger partial charge in [-0.05, 0) is 30.2 Å². The van der Waals surface area contributed by atoms with Crippen molar-refractivity contribution in [1.82, 2.24) is 4.98 Å². The SMILES string of the molecule is Cc1ccc2c(c1)-c1[nH]c(C(=O)O)cc1C2. The first-order valence-corrected chi connectivity index (χ1v) is 5.20. The van der Waals surface area contributed by atoms with Crippen LogP contribution in [0, 0.1) is 6.92 Å². The number of aryl methyl sites for hydroxylation is 1. The summed E-state index contributed by atoms with van der Waals surface area (Å²) in [5.74, 6) is -0.899. The maximum atomic E-state index is 10.9. The Morgan fingerprint density at radius 3 is 2.88 bits per heavy atom. The molecule has 0 saturated heterocycles. The molecule has 16 heavy (non-hydrogen) atoms. The van der Waals surface area contributed by atoms with Crippen LogP contribution in [0.2, 0.25) is 0 Å². The monoisotopic (exact) mass is 213 g/mol. The van der Waals surface area contributed by atoms with Gasteiger partial charge in [0.2, 0.25) is 0 Å². The van der Waals surface area contributed by atoms with E-state index in [-0.39, 0.29) is 5.69 Å². The van der Waals surface area contributed by atoms with Crippen LogP contribution < -0.4 is 0 Å². The minimum atomic E-state index is -0.899. The Kier molecular flexibility index (Phi) is 1.72. The maximum absolute atomic E-state index is 10.9. The summed E-state index contributed by atoms with van der Waals surface area (Å²) in [6.07, 6.45) is 0.828. The quantitative estimate of drug-likeness (QED) is 0.652. The number of H-pyrrole nitrogens is 1. The summed E-state index contributed by atoms with van der Waals surface area (Å²) in [5.41, 5.74) is 5.93. The number of hydrogen-bond acceptors (Lipinski definition) is 1. The van der Waals surface area contributed by atoms with Crippen LogP contribution in [0.15, 0.2) is 24.3 Å². The van der Waals surface area contributed by atoms with E-state index in [2.05, 4.69) is 23.2 Å². The molecule has 0 radical (unpaired) electrons. The van der Waals surface area contributed by atoms with Gasteiger partial charge >= 0.3 is 5.97 Å². The number of aromatic carboxylic acids is 1. The number of benzene rings is 1. The van der Waals surface area contributed by atoms with E-state index in [0.29, 0.717) is 0 Å². The molecule has 0 unspecified atom stereocenters. The predicted octanol–water partition coefficient (Wildman–Crippen LogP) is 2.59. The number of nitrogens with one attached hydrogen (secondary N) is 1. The summed E-state index contributed by atoms with van der Waals surface area (Å²) >= 11 is 0. The van der Waals surface area contributed by atoms with Crippen LogP contribution in [0.5, 0.6) is 0 Å². The lowest BCUT2D eigenvalue weighted by Gasteiger charge is -2.01. The van der Waals surface area contributed by atoms with E-state index in [0.717, 1.165) is 23.2 Å². The fraction of sp³-hybridized carbons (Fsp3) is 0.154. The molecule has 2 aromatic rings. The van der Waals surface area contributed by atoms with Gasteiger partial charge in [0, 0.05) is 17.7 Å². The molecular weight excluding hydrogens is 202 g/mol. The molecule has 0 atom stereocenters. The highest BCUT2D eigenvalue weighted by Crippen LogP contribution is 2.36. The largest absolute Gasteiger partial charge is 0.477 e. The van der Waals surface area contributed by atoms with Crippen molar-refractivity contribution in [3.8, 4) is 11.3 Å². The average Bonchev–Trinajstić information content (AvgIpc) is 2.75. The molecular formula is C13H11NO2. The molecule has 1 heterocycles. The van der Waals surface area contributed by atoms with Gasteiger partial charge in [0.05, 0.1) is 0 Å². The van der Waals surface area contributed by atoms with Gasteiger partial charge < -0.3 is 10.1 Å². The number of hydrogen-bond donors (Lipinski definition) is 2. The van der Waals surface area contributed by atoms with Crippen LogP contribution in [0.3, 0.4) is 0 Å². The van der Waals surface area contributed by atoms with Crippen molar-refractivity contribution in [2.45, 2.75) is 13.3 Å². The highest BCUT2D eigenvalue weighted by atomic mass is 16.4. The summed E-state index contributed by atoms with van der Waals surface area (Å²) in [6, 6.07) is 8.03. The molecule has 0 bridgehead atoms. The zero-order valence-electron chi connectivity index (χ0n) is 8.87. The van der Waals surface area contributed by atoms with Crippen molar-refractivity contribution in [3.05, 3.63) is 46.6 Å². The molecule has 0 amide bonds. The lowest BCUT2D eigenvalue weighted by atomic mass is 10.1. The zero-order valence-corrected chi connectivity index (χ0v) is 8.87. The number of carbonyl (C=O) groups is 1. The van der Waals surface area contributed by atoms with E-state index in [1.54, 1.807) is 6.07 Å². The topological polar surface area (TPSA) is 53.1 Å². The first kappa shape index (κ1) is 9.21. The molecule has 1 aromatic heterocycles. The highest BCUT2D eigenvalue weighted by molar-refractivity contribution is 5.89. The summed E-state index contributed by atoms with van der Waals surface area (Å²) in [7, 11) is 0. The number of rotatable bonds is 1. The summed E-state index contributed by atoms with van der Waals surface area (Å²) < 4.78 is 0. The summed E-state index contributed by atoms with van der Waals surface area (Å²) in [4.78, 5) is 13.8. The third kappa shape index (κ3) is 1.18. The Bertz CT molecular complexity index is 596. The van der Waals surface area contributed by atoms with Crippen LogP contribution in [0.4, 0.5) is 0 Å². The normalized spacial score (nSPS) is 12.3. The van der Waals surface area contributed by atoms with Gasteiger partial charge in [0.15, 0.2) is 0 Å². The smallest absolute Gasteiger partial charge is 0.352 e. The number of carboxylic acid groups (broad SMARTS) is 1. The molecule has 0 aliphatic heterocycles. The average molecular weight is 213 g/mol. The first-order valence-electron chi connectivity index (χ1n) is 5.20. The molecule has 0 saturated carbocycles. The Labute approximate surface area is 92.7 Å². The van der Waals surface area contributed by atoms with E-state index in [1.165, 1.54) is 11.1 Å². The summed E-state index contributed by atoms with van der Waals surface area (Å²) in [6.45, 7) is 2.04. The highest BCUT2D eigenvalue weighted by Gasteiger charge is 2.22. The van der Waals surface area contributed by atoms with Gasteiger partial charge in [0.1, 0.15) is 5.69 Å². The van der Waals surface area contributed by atoms with Crippen molar-refractivity contribution >= 4 is 5.97 Å². The van der Waals surface area contributed by atoms with E-state index in [9.17, 15) is 4.79 Å². The predicted molar refractivity (Wildman–Crippen MR) is 60.7 cm³/mol. The zero-order chi connectivity index (χ0) is 11.3. The number of carboxylic acids is 1. The molecule has 1 aromatic carbocycles. The van der Waals surface area contributed by atoms with E-state index in [1.807, 2.05) is 6.92 Å². The van der Waals surface area contributed by atoms with Gasteiger partial charge in [-0.2, -0.15) is 0 Å². The third-order valence-electron chi connectivity index (χ3n) is 3.05. The number of fused-ring (bicyclic) bond motifs is 3. The Balaban J connectivity index is 2.19. The van der Waals surface area contributed by atoms with E-state index >= 15 is 0 Å². The van der Waals surface area contributed by atoms with E-state index < -0.39 is 5.97 Å². The number of aromatic amines is 1. The molecule has 1 aliphatic rings. The Morgan fingerprint density at radius 1 is 1.31 bits per heavy atom. The molecule has 2 N–H and O–H groups in total. The Morgan fingerprint density at radius 2 is 2.12 bits per heavy atom. The van der Waals surface area contributed by atoms with Crippen LogP contribution in [-0.2, 0) is 6.42 Å². The summed E-state index contributed by atoms with van der Waals surface area (Å²) in [5, 5.41) is 8.91. The first-order chi connectivity index (χ1) is 7.65. The van der Waals surface area contributed by atoms with Gasteiger partial charge in [0.25, 0.3) is 0 Å². The minimum absolute atomic E-state index is 0.275. The number of aromatic nitrogens is 1. The third-order valence-corrected chi connectivity index (χ3v) is 3.05. The maximum Gasteiger partial charge on any atom is 0.352 e. The van der Waals surface area contributed by atoms with Crippen molar-refractivity contribution in [2.75, 3.05) is 0 Å². The lowest BCUT2D eigenvalue weighted by molar-refractivity contribution is 0.0691.